The summed E-state index contributed by atoms with van der Waals surface area (Å²) in [6, 6.07) is 0. The van der Waals surface area contributed by atoms with E-state index in [1.54, 1.807) is 0 Å². The van der Waals surface area contributed by atoms with Crippen LogP contribution in [-0.2, 0) is 6.42 Å². The number of aliphatic hydroxyl groups excluding tert-OH is 1. The van der Waals surface area contributed by atoms with Crippen LogP contribution in [0.15, 0.2) is 4.79 Å². The molecule has 0 spiro atoms. The zero-order chi connectivity index (χ0) is 14.8. The van der Waals surface area contributed by atoms with Crippen LogP contribution in [0, 0.1) is 6.92 Å². The normalized spacial score (nSPS) is 10.8. The number of nitrogens with one attached hydrogen (secondary N) is 2. The molecule has 0 aliphatic rings. The van der Waals surface area contributed by atoms with Crippen LogP contribution in [0.3, 0.4) is 0 Å². The Hall–Kier alpha value is -1.36. The number of aliphatic hydroxyl groups is 1. The number of nitrogens with zero attached hydrogens (tertiary/aromatic N) is 1. The summed E-state index contributed by atoms with van der Waals surface area (Å²) in [4.78, 5) is 19.0. The maximum Gasteiger partial charge on any atom is 0.255 e. The minimum atomic E-state index is -0.0634. The molecule has 0 aromatic carbocycles. The fourth-order valence-electron chi connectivity index (χ4n) is 2.24. The Bertz CT molecular complexity index is 443. The lowest BCUT2D eigenvalue weighted by Gasteiger charge is -2.08. The van der Waals surface area contributed by atoms with Gasteiger partial charge in [-0.05, 0) is 19.8 Å². The Balaban J connectivity index is 2.47. The van der Waals surface area contributed by atoms with Gasteiger partial charge in [-0.15, -0.1) is 0 Å². The molecule has 0 bridgehead atoms. The van der Waals surface area contributed by atoms with Crippen LogP contribution in [0.1, 0.15) is 56.7 Å². The number of aromatic nitrogens is 2. The van der Waals surface area contributed by atoms with E-state index >= 15 is 0 Å². The maximum absolute atomic E-state index is 12.0. The second kappa shape index (κ2) is 9.53. The molecule has 1 heterocycles. The van der Waals surface area contributed by atoms with E-state index in [1.807, 2.05) is 6.92 Å². The Morgan fingerprint density at radius 2 is 1.90 bits per heavy atom. The number of unbranched alkanes of at least 4 members (excludes halogenated alkanes) is 5. The van der Waals surface area contributed by atoms with Crippen molar-refractivity contribution in [2.24, 2.45) is 0 Å². The molecule has 1 rings (SSSR count). The van der Waals surface area contributed by atoms with Gasteiger partial charge in [0.1, 0.15) is 0 Å². The van der Waals surface area contributed by atoms with Gasteiger partial charge in [0.25, 0.3) is 5.56 Å². The lowest BCUT2D eigenvalue weighted by atomic mass is 10.1. The summed E-state index contributed by atoms with van der Waals surface area (Å²) in [7, 11) is 0. The van der Waals surface area contributed by atoms with Gasteiger partial charge in [-0.25, -0.2) is 4.98 Å². The molecule has 0 unspecified atom stereocenters. The third-order valence-electron chi connectivity index (χ3n) is 3.41. The first kappa shape index (κ1) is 16.7. The molecule has 20 heavy (non-hydrogen) atoms. The molecule has 0 radical (unpaired) electrons. The lowest BCUT2D eigenvalue weighted by molar-refractivity contribution is 0.310. The van der Waals surface area contributed by atoms with Gasteiger partial charge in [-0.1, -0.05) is 39.0 Å². The molecule has 0 amide bonds. The first-order valence-electron chi connectivity index (χ1n) is 7.63. The SMILES string of the molecule is CCCCCCCCc1c(C)nc(NCCO)[nH]c1=O. The minimum Gasteiger partial charge on any atom is -0.395 e. The molecule has 0 saturated heterocycles. The van der Waals surface area contributed by atoms with Crippen molar-refractivity contribution >= 4 is 5.95 Å². The van der Waals surface area contributed by atoms with Crippen molar-refractivity contribution in [3.8, 4) is 0 Å². The highest BCUT2D eigenvalue weighted by Crippen LogP contribution is 2.10. The zero-order valence-corrected chi connectivity index (χ0v) is 12.7. The number of aromatic amines is 1. The number of hydrogen-bond acceptors (Lipinski definition) is 4. The fraction of sp³-hybridized carbons (Fsp3) is 0.733. The predicted molar refractivity (Wildman–Crippen MR) is 82.3 cm³/mol. The number of rotatable bonds is 10. The van der Waals surface area contributed by atoms with Crippen molar-refractivity contribution in [1.29, 1.82) is 0 Å². The fourth-order valence-corrected chi connectivity index (χ4v) is 2.24. The second-order valence-corrected chi connectivity index (χ2v) is 5.15. The predicted octanol–water partition coefficient (Wildman–Crippen LogP) is 2.39. The average Bonchev–Trinajstić information content (AvgIpc) is 2.42. The van der Waals surface area contributed by atoms with Crippen LogP contribution in [0.25, 0.3) is 0 Å². The molecular weight excluding hydrogens is 254 g/mol. The maximum atomic E-state index is 12.0. The molecule has 0 fully saturated rings. The van der Waals surface area contributed by atoms with Gasteiger partial charge >= 0.3 is 0 Å². The van der Waals surface area contributed by atoms with Crippen LogP contribution in [-0.4, -0.2) is 28.2 Å². The van der Waals surface area contributed by atoms with E-state index in [0.717, 1.165) is 24.1 Å². The van der Waals surface area contributed by atoms with Crippen molar-refractivity contribution in [2.45, 2.75) is 58.8 Å². The van der Waals surface area contributed by atoms with Crippen molar-refractivity contribution < 1.29 is 5.11 Å². The summed E-state index contributed by atoms with van der Waals surface area (Å²) in [5.41, 5.74) is 1.50. The number of H-pyrrole nitrogens is 1. The summed E-state index contributed by atoms with van der Waals surface area (Å²) in [5.74, 6) is 0.438. The van der Waals surface area contributed by atoms with Crippen LogP contribution in [0.2, 0.25) is 0 Å². The Morgan fingerprint density at radius 1 is 1.20 bits per heavy atom. The van der Waals surface area contributed by atoms with E-state index in [2.05, 4.69) is 22.2 Å². The number of hydrogen-bond donors (Lipinski definition) is 3. The molecule has 5 heteroatoms. The van der Waals surface area contributed by atoms with E-state index in [1.165, 1.54) is 32.1 Å². The molecular formula is C15H27N3O2. The van der Waals surface area contributed by atoms with Gasteiger partial charge in [0.05, 0.1) is 6.61 Å². The summed E-state index contributed by atoms with van der Waals surface area (Å²) in [5, 5.41) is 11.6. The van der Waals surface area contributed by atoms with Crippen molar-refractivity contribution in [1.82, 2.24) is 9.97 Å². The highest BCUT2D eigenvalue weighted by molar-refractivity contribution is 5.29. The third-order valence-corrected chi connectivity index (χ3v) is 3.41. The zero-order valence-electron chi connectivity index (χ0n) is 12.7. The number of anilines is 1. The lowest BCUT2D eigenvalue weighted by Crippen LogP contribution is -2.20. The van der Waals surface area contributed by atoms with Crippen molar-refractivity contribution in [2.75, 3.05) is 18.5 Å². The second-order valence-electron chi connectivity index (χ2n) is 5.15. The average molecular weight is 281 g/mol. The van der Waals surface area contributed by atoms with Gasteiger partial charge in [0.2, 0.25) is 5.95 Å². The molecule has 5 nitrogen and oxygen atoms in total. The van der Waals surface area contributed by atoms with E-state index < -0.39 is 0 Å². The Kier molecular flexibility index (Phi) is 7.95. The van der Waals surface area contributed by atoms with E-state index in [4.69, 9.17) is 5.11 Å². The summed E-state index contributed by atoms with van der Waals surface area (Å²) in [6.45, 7) is 4.48. The molecule has 0 aliphatic carbocycles. The molecule has 1 aromatic rings. The molecule has 0 aliphatic heterocycles. The first-order valence-corrected chi connectivity index (χ1v) is 7.63. The highest BCUT2D eigenvalue weighted by Gasteiger charge is 2.07. The first-order chi connectivity index (χ1) is 9.69. The van der Waals surface area contributed by atoms with Gasteiger partial charge in [-0.2, -0.15) is 0 Å². The van der Waals surface area contributed by atoms with Crippen molar-refractivity contribution in [3.05, 3.63) is 21.6 Å². The van der Waals surface area contributed by atoms with Crippen LogP contribution >= 0.6 is 0 Å². The van der Waals surface area contributed by atoms with E-state index in [0.29, 0.717) is 12.5 Å². The molecule has 3 N–H and O–H groups in total. The molecule has 0 atom stereocenters. The van der Waals surface area contributed by atoms with Crippen LogP contribution in [0.5, 0.6) is 0 Å². The summed E-state index contributed by atoms with van der Waals surface area (Å²) in [6.07, 6.45) is 8.09. The molecule has 1 aromatic heterocycles. The van der Waals surface area contributed by atoms with Crippen LogP contribution in [0.4, 0.5) is 5.95 Å². The van der Waals surface area contributed by atoms with Gasteiger partial charge < -0.3 is 10.4 Å². The largest absolute Gasteiger partial charge is 0.395 e. The van der Waals surface area contributed by atoms with E-state index in [-0.39, 0.29) is 12.2 Å². The highest BCUT2D eigenvalue weighted by atomic mass is 16.3. The van der Waals surface area contributed by atoms with Crippen molar-refractivity contribution in [3.63, 3.8) is 0 Å². The Morgan fingerprint density at radius 3 is 2.55 bits per heavy atom. The quantitative estimate of drug-likeness (QED) is 0.575. The minimum absolute atomic E-state index is 0.0161. The smallest absolute Gasteiger partial charge is 0.255 e. The van der Waals surface area contributed by atoms with Crippen LogP contribution < -0.4 is 10.9 Å². The summed E-state index contributed by atoms with van der Waals surface area (Å²) >= 11 is 0. The van der Waals surface area contributed by atoms with Gasteiger partial charge in [-0.3, -0.25) is 9.78 Å². The topological polar surface area (TPSA) is 78.0 Å². The van der Waals surface area contributed by atoms with Gasteiger partial charge in [0.15, 0.2) is 0 Å². The van der Waals surface area contributed by atoms with Gasteiger partial charge in [0, 0.05) is 17.8 Å². The van der Waals surface area contributed by atoms with E-state index in [9.17, 15) is 4.79 Å². The molecule has 114 valence electrons. The summed E-state index contributed by atoms with van der Waals surface area (Å²) < 4.78 is 0. The number of aryl methyl sites for hydroxylation is 1. The monoisotopic (exact) mass is 281 g/mol. The third kappa shape index (κ3) is 5.74. The standard InChI is InChI=1S/C15H27N3O2/c1-3-4-5-6-7-8-9-13-12(2)17-15(16-10-11-19)18-14(13)20/h19H,3-11H2,1-2H3,(H2,16,17,18,20). The Labute approximate surface area is 120 Å². The molecule has 0 saturated carbocycles.